The van der Waals surface area contributed by atoms with E-state index in [9.17, 15) is 10.2 Å². The van der Waals surface area contributed by atoms with E-state index in [1.54, 1.807) is 16.8 Å². The highest BCUT2D eigenvalue weighted by Crippen LogP contribution is 2.35. The van der Waals surface area contributed by atoms with Crippen LogP contribution in [0.15, 0.2) is 18.6 Å². The Bertz CT molecular complexity index is 851. The third kappa shape index (κ3) is 2.98. The summed E-state index contributed by atoms with van der Waals surface area (Å²) in [4.78, 5) is 10.6. The van der Waals surface area contributed by atoms with Gasteiger partial charge in [0.15, 0.2) is 6.23 Å². The second kappa shape index (κ2) is 6.93. The highest BCUT2D eigenvalue weighted by atomic mass is 16.6. The molecule has 0 bridgehead atoms. The van der Waals surface area contributed by atoms with Crippen LogP contribution in [0.4, 0.5) is 5.82 Å². The lowest BCUT2D eigenvalue weighted by molar-refractivity contribution is -0.0484. The van der Waals surface area contributed by atoms with Crippen LogP contribution in [0.5, 0.6) is 0 Å². The molecule has 3 saturated heterocycles. The first-order valence-corrected chi connectivity index (χ1v) is 10.1. The lowest BCUT2D eigenvalue weighted by Crippen LogP contribution is -2.55. The molecule has 0 amide bonds. The molecular weight excluding hydrogens is 360 g/mol. The van der Waals surface area contributed by atoms with Crippen molar-refractivity contribution in [2.45, 2.75) is 55.8 Å². The van der Waals surface area contributed by atoms with E-state index < -0.39 is 24.5 Å². The van der Waals surface area contributed by atoms with Crippen molar-refractivity contribution in [2.24, 2.45) is 0 Å². The van der Waals surface area contributed by atoms with Crippen LogP contribution >= 0.6 is 0 Å². The van der Waals surface area contributed by atoms with Crippen molar-refractivity contribution >= 4 is 16.9 Å². The highest BCUT2D eigenvalue weighted by Gasteiger charge is 2.46. The van der Waals surface area contributed by atoms with Gasteiger partial charge in [0.1, 0.15) is 36.1 Å². The van der Waals surface area contributed by atoms with Crippen molar-refractivity contribution in [1.29, 1.82) is 0 Å². The predicted octanol–water partition coefficient (Wildman–Crippen LogP) is -0.149. The number of fused-ring (bicyclic) bond motifs is 1. The van der Waals surface area contributed by atoms with E-state index in [1.807, 2.05) is 0 Å². The molecular formula is C19H28N6O3. The first-order chi connectivity index (χ1) is 13.6. The molecule has 2 aromatic rings. The molecule has 5 atom stereocenters. The normalized spacial score (nSPS) is 36.6. The molecule has 2 aromatic heterocycles. The Morgan fingerprint density at radius 2 is 2.11 bits per heavy atom. The maximum absolute atomic E-state index is 10.7. The standard InChI is InChI=1S/C19H28N6O3/c20-16-12-3-8-25(17(12)22-11-21-16)18-15(27)14(26)13(28-18)9-24-7-2-5-19(10-24)4-1-6-23-19/h3,8,11,13-15,18,23,26-27H,1-2,4-7,9-10H2,(H2,20,21,22)/t13-,14-,15-,18-,19?/m1/s1. The molecule has 5 rings (SSSR count). The Morgan fingerprint density at radius 1 is 1.25 bits per heavy atom. The molecule has 1 spiro atoms. The summed E-state index contributed by atoms with van der Waals surface area (Å²) in [6.45, 7) is 3.65. The minimum Gasteiger partial charge on any atom is -0.387 e. The van der Waals surface area contributed by atoms with Gasteiger partial charge in [0.05, 0.1) is 5.39 Å². The van der Waals surface area contributed by atoms with E-state index in [-0.39, 0.29) is 5.54 Å². The molecule has 3 aliphatic rings. The Morgan fingerprint density at radius 3 is 2.93 bits per heavy atom. The molecule has 152 valence electrons. The number of aliphatic hydroxyl groups excluding tert-OH is 2. The fourth-order valence-corrected chi connectivity index (χ4v) is 5.16. The van der Waals surface area contributed by atoms with Crippen LogP contribution in [-0.2, 0) is 4.74 Å². The number of piperidine rings is 1. The number of aromatic nitrogens is 3. The largest absolute Gasteiger partial charge is 0.387 e. The average Bonchev–Trinajstić information content (AvgIpc) is 3.38. The summed E-state index contributed by atoms with van der Waals surface area (Å²) >= 11 is 0. The lowest BCUT2D eigenvalue weighted by Gasteiger charge is -2.41. The van der Waals surface area contributed by atoms with Gasteiger partial charge < -0.3 is 30.6 Å². The minimum atomic E-state index is -1.03. The van der Waals surface area contributed by atoms with Crippen molar-refractivity contribution < 1.29 is 14.9 Å². The summed E-state index contributed by atoms with van der Waals surface area (Å²) in [6.07, 6.45) is 4.82. The fourth-order valence-electron chi connectivity index (χ4n) is 5.16. The van der Waals surface area contributed by atoms with Crippen molar-refractivity contribution in [1.82, 2.24) is 24.8 Å². The van der Waals surface area contributed by atoms with Crippen LogP contribution < -0.4 is 11.1 Å². The number of nitrogens with one attached hydrogen (secondary N) is 1. The second-order valence-electron chi connectivity index (χ2n) is 8.41. The highest BCUT2D eigenvalue weighted by molar-refractivity contribution is 5.86. The van der Waals surface area contributed by atoms with Gasteiger partial charge in [-0.1, -0.05) is 0 Å². The zero-order chi connectivity index (χ0) is 19.3. The number of nitrogen functional groups attached to an aromatic ring is 1. The third-order valence-corrected chi connectivity index (χ3v) is 6.58. The Hall–Kier alpha value is -1.78. The fraction of sp³-hybridized carbons (Fsp3) is 0.684. The number of likely N-dealkylation sites (tertiary alicyclic amines) is 1. The van der Waals surface area contributed by atoms with E-state index in [2.05, 4.69) is 20.2 Å². The van der Waals surface area contributed by atoms with Gasteiger partial charge in [0, 0.05) is 24.8 Å². The molecule has 9 nitrogen and oxygen atoms in total. The number of aliphatic hydroxyl groups is 2. The van der Waals surface area contributed by atoms with Crippen LogP contribution in [0.3, 0.4) is 0 Å². The number of anilines is 1. The van der Waals surface area contributed by atoms with Crippen LogP contribution in [0.1, 0.15) is 31.9 Å². The Kier molecular flexibility index (Phi) is 4.52. The maximum Gasteiger partial charge on any atom is 0.164 e. The summed E-state index contributed by atoms with van der Waals surface area (Å²) in [5, 5.41) is 25.7. The number of nitrogens with two attached hydrogens (primary N) is 1. The van der Waals surface area contributed by atoms with E-state index in [0.717, 1.165) is 26.1 Å². The summed E-state index contributed by atoms with van der Waals surface area (Å²) in [5.41, 5.74) is 6.72. The predicted molar refractivity (Wildman–Crippen MR) is 104 cm³/mol. The summed E-state index contributed by atoms with van der Waals surface area (Å²) < 4.78 is 7.87. The molecule has 28 heavy (non-hydrogen) atoms. The van der Waals surface area contributed by atoms with Crippen LogP contribution in [0.2, 0.25) is 0 Å². The summed E-state index contributed by atoms with van der Waals surface area (Å²) in [7, 11) is 0. The van der Waals surface area contributed by atoms with Gasteiger partial charge >= 0.3 is 0 Å². The first kappa shape index (κ1) is 18.3. The van der Waals surface area contributed by atoms with E-state index in [4.69, 9.17) is 10.5 Å². The van der Waals surface area contributed by atoms with Gasteiger partial charge in [-0.2, -0.15) is 0 Å². The van der Waals surface area contributed by atoms with Gasteiger partial charge in [-0.05, 0) is 44.8 Å². The second-order valence-corrected chi connectivity index (χ2v) is 8.41. The monoisotopic (exact) mass is 388 g/mol. The number of ether oxygens (including phenoxy) is 1. The van der Waals surface area contributed by atoms with E-state index >= 15 is 0 Å². The molecule has 0 radical (unpaired) electrons. The molecule has 5 N–H and O–H groups in total. The van der Waals surface area contributed by atoms with Gasteiger partial charge in [0.2, 0.25) is 0 Å². The lowest BCUT2D eigenvalue weighted by atomic mass is 9.87. The van der Waals surface area contributed by atoms with Crippen LogP contribution in [0.25, 0.3) is 11.0 Å². The molecule has 0 saturated carbocycles. The van der Waals surface area contributed by atoms with Gasteiger partial charge in [-0.15, -0.1) is 0 Å². The van der Waals surface area contributed by atoms with Crippen molar-refractivity contribution in [3.63, 3.8) is 0 Å². The van der Waals surface area contributed by atoms with E-state index in [1.165, 1.54) is 25.6 Å². The Balaban J connectivity index is 1.33. The van der Waals surface area contributed by atoms with Crippen LogP contribution in [0, 0.1) is 0 Å². The number of hydrogen-bond acceptors (Lipinski definition) is 8. The third-order valence-electron chi connectivity index (χ3n) is 6.58. The van der Waals surface area contributed by atoms with Crippen molar-refractivity contribution in [3.05, 3.63) is 18.6 Å². The topological polar surface area (TPSA) is 122 Å². The molecule has 5 heterocycles. The average molecular weight is 388 g/mol. The molecule has 0 aliphatic carbocycles. The molecule has 1 unspecified atom stereocenters. The molecule has 9 heteroatoms. The van der Waals surface area contributed by atoms with Crippen molar-refractivity contribution in [3.8, 4) is 0 Å². The SMILES string of the molecule is Nc1ncnc2c1ccn2[C@@H]1O[C@H](CN2CCCC3(CCCN3)C2)[C@@H](O)[C@H]1O. The Labute approximate surface area is 163 Å². The number of hydrogen-bond donors (Lipinski definition) is 4. The van der Waals surface area contributed by atoms with Crippen LogP contribution in [-0.4, -0.2) is 79.7 Å². The minimum absolute atomic E-state index is 0.213. The molecule has 0 aromatic carbocycles. The molecule has 3 aliphatic heterocycles. The zero-order valence-electron chi connectivity index (χ0n) is 15.9. The van der Waals surface area contributed by atoms with Gasteiger partial charge in [0.25, 0.3) is 0 Å². The van der Waals surface area contributed by atoms with E-state index in [0.29, 0.717) is 23.4 Å². The maximum atomic E-state index is 10.7. The van der Waals surface area contributed by atoms with Gasteiger partial charge in [-0.3, -0.25) is 4.90 Å². The summed E-state index contributed by atoms with van der Waals surface area (Å²) in [6, 6.07) is 1.81. The quantitative estimate of drug-likeness (QED) is 0.573. The molecule has 3 fully saturated rings. The smallest absolute Gasteiger partial charge is 0.164 e. The first-order valence-electron chi connectivity index (χ1n) is 10.1. The van der Waals surface area contributed by atoms with Crippen molar-refractivity contribution in [2.75, 3.05) is 31.9 Å². The summed E-state index contributed by atoms with van der Waals surface area (Å²) in [5.74, 6) is 0.385. The number of nitrogens with zero attached hydrogens (tertiary/aromatic N) is 4. The number of rotatable bonds is 3. The van der Waals surface area contributed by atoms with Gasteiger partial charge in [-0.25, -0.2) is 9.97 Å². The zero-order valence-corrected chi connectivity index (χ0v) is 15.9.